The molecule has 0 radical (unpaired) electrons. The predicted molar refractivity (Wildman–Crippen MR) is 93.7 cm³/mol. The number of aromatic nitrogens is 1. The molecule has 0 aliphatic rings. The Balaban J connectivity index is 1.78. The first-order valence-electron chi connectivity index (χ1n) is 8.18. The molecule has 0 spiro atoms. The van der Waals surface area contributed by atoms with Crippen LogP contribution in [0.1, 0.15) is 38.9 Å². The van der Waals surface area contributed by atoms with E-state index in [1.165, 1.54) is 6.92 Å². The third-order valence-corrected chi connectivity index (χ3v) is 4.24. The number of benzene rings is 2. The summed E-state index contributed by atoms with van der Waals surface area (Å²) in [6.45, 7) is 3.18. The Morgan fingerprint density at radius 1 is 1.04 bits per heavy atom. The quantitative estimate of drug-likeness (QED) is 0.520. The van der Waals surface area contributed by atoms with Gasteiger partial charge in [-0.15, -0.1) is 0 Å². The van der Waals surface area contributed by atoms with Crippen molar-refractivity contribution in [2.24, 2.45) is 0 Å². The second-order valence-corrected chi connectivity index (χ2v) is 6.16. The Kier molecular flexibility index (Phi) is 4.78. The van der Waals surface area contributed by atoms with Crippen LogP contribution < -0.4 is 0 Å². The molecule has 1 atom stereocenters. The highest BCUT2D eigenvalue weighted by atomic mass is 19.4. The van der Waals surface area contributed by atoms with Crippen LogP contribution in [0.25, 0.3) is 10.9 Å². The molecule has 0 bridgehead atoms. The van der Waals surface area contributed by atoms with Gasteiger partial charge in [-0.25, -0.2) is 4.79 Å². The maximum Gasteiger partial charge on any atom is 0.416 e. The number of carbonyl (C=O) groups excluding carboxylic acids is 2. The van der Waals surface area contributed by atoms with Crippen LogP contribution in [0.3, 0.4) is 0 Å². The molecule has 0 aliphatic carbocycles. The minimum Gasteiger partial charge on any atom is -0.451 e. The van der Waals surface area contributed by atoms with Gasteiger partial charge in [0.05, 0.1) is 11.1 Å². The number of alkyl halides is 3. The summed E-state index contributed by atoms with van der Waals surface area (Å²) >= 11 is 0. The number of aromatic amines is 1. The smallest absolute Gasteiger partial charge is 0.416 e. The van der Waals surface area contributed by atoms with Crippen LogP contribution in [0.15, 0.2) is 48.5 Å². The number of esters is 1. The van der Waals surface area contributed by atoms with Crippen molar-refractivity contribution in [3.8, 4) is 0 Å². The molecule has 0 saturated carbocycles. The number of fused-ring (bicyclic) bond motifs is 1. The van der Waals surface area contributed by atoms with Crippen LogP contribution in [0, 0.1) is 6.92 Å². The molecule has 3 aromatic rings. The number of Topliss-reactive ketones (excluding diaryl/α,β-unsaturated/α-hetero) is 1. The predicted octanol–water partition coefficient (Wildman–Crippen LogP) is 4.92. The number of carbonyl (C=O) groups is 2. The van der Waals surface area contributed by atoms with Gasteiger partial charge in [0.25, 0.3) is 0 Å². The van der Waals surface area contributed by atoms with Crippen molar-refractivity contribution >= 4 is 22.7 Å². The first kappa shape index (κ1) is 18.7. The van der Waals surface area contributed by atoms with Gasteiger partial charge in [-0.05, 0) is 44.2 Å². The van der Waals surface area contributed by atoms with Crippen molar-refractivity contribution in [1.82, 2.24) is 4.98 Å². The third-order valence-electron chi connectivity index (χ3n) is 4.24. The maximum atomic E-state index is 12.7. The summed E-state index contributed by atoms with van der Waals surface area (Å²) in [6, 6.07) is 10.9. The average molecular weight is 375 g/mol. The van der Waals surface area contributed by atoms with Crippen molar-refractivity contribution in [3.63, 3.8) is 0 Å². The number of rotatable bonds is 4. The number of H-pyrrole nitrogens is 1. The Hall–Kier alpha value is -3.09. The molecular weight excluding hydrogens is 359 g/mol. The van der Waals surface area contributed by atoms with Crippen LogP contribution in [-0.4, -0.2) is 22.8 Å². The van der Waals surface area contributed by atoms with E-state index in [-0.39, 0.29) is 11.3 Å². The summed E-state index contributed by atoms with van der Waals surface area (Å²) in [4.78, 5) is 28.0. The Morgan fingerprint density at radius 2 is 1.67 bits per heavy atom. The highest BCUT2D eigenvalue weighted by molar-refractivity contribution is 6.11. The van der Waals surface area contributed by atoms with E-state index in [4.69, 9.17) is 4.74 Å². The highest BCUT2D eigenvalue weighted by Gasteiger charge is 2.30. The molecule has 7 heteroatoms. The molecule has 1 N–H and O–H groups in total. The zero-order valence-electron chi connectivity index (χ0n) is 14.6. The van der Waals surface area contributed by atoms with E-state index in [1.807, 2.05) is 12.1 Å². The van der Waals surface area contributed by atoms with Crippen molar-refractivity contribution < 1.29 is 27.5 Å². The number of ketones is 1. The van der Waals surface area contributed by atoms with Crippen molar-refractivity contribution in [3.05, 3.63) is 70.9 Å². The first-order valence-corrected chi connectivity index (χ1v) is 8.18. The van der Waals surface area contributed by atoms with E-state index < -0.39 is 23.8 Å². The number of nitrogens with one attached hydrogen (secondary N) is 1. The van der Waals surface area contributed by atoms with Crippen LogP contribution in [0.2, 0.25) is 0 Å². The zero-order chi connectivity index (χ0) is 19.8. The summed E-state index contributed by atoms with van der Waals surface area (Å²) < 4.78 is 43.0. The molecular formula is C20H16F3NO3. The molecule has 3 rings (SSSR count). The molecule has 0 aliphatic heterocycles. The van der Waals surface area contributed by atoms with Crippen LogP contribution in [0.4, 0.5) is 13.2 Å². The molecule has 27 heavy (non-hydrogen) atoms. The van der Waals surface area contributed by atoms with Gasteiger partial charge < -0.3 is 9.72 Å². The van der Waals surface area contributed by atoms with E-state index in [0.717, 1.165) is 35.2 Å². The third kappa shape index (κ3) is 3.72. The number of hydrogen-bond acceptors (Lipinski definition) is 3. The van der Waals surface area contributed by atoms with E-state index in [2.05, 4.69) is 4.98 Å². The van der Waals surface area contributed by atoms with Crippen molar-refractivity contribution in [1.29, 1.82) is 0 Å². The largest absolute Gasteiger partial charge is 0.451 e. The maximum absolute atomic E-state index is 12.7. The lowest BCUT2D eigenvalue weighted by molar-refractivity contribution is -0.137. The number of halogens is 3. The lowest BCUT2D eigenvalue weighted by Crippen LogP contribution is -2.25. The molecule has 140 valence electrons. The van der Waals surface area contributed by atoms with Crippen molar-refractivity contribution in [2.75, 3.05) is 0 Å². The van der Waals surface area contributed by atoms with Gasteiger partial charge in [0, 0.05) is 22.2 Å². The zero-order valence-corrected chi connectivity index (χ0v) is 14.6. The summed E-state index contributed by atoms with van der Waals surface area (Å²) in [5, 5.41) is 0.720. The normalized spacial score (nSPS) is 12.8. The average Bonchev–Trinajstić information content (AvgIpc) is 2.96. The van der Waals surface area contributed by atoms with Gasteiger partial charge in [-0.1, -0.05) is 18.2 Å². The number of ether oxygens (including phenoxy) is 1. The SMILES string of the molecule is Cc1[nH]c2ccccc2c1C(=O)[C@H](C)OC(=O)c1ccc(C(F)(F)F)cc1. The van der Waals surface area contributed by atoms with Gasteiger partial charge in [0.15, 0.2) is 6.10 Å². The van der Waals surface area contributed by atoms with E-state index >= 15 is 0 Å². The van der Waals surface area contributed by atoms with Crippen LogP contribution in [-0.2, 0) is 10.9 Å². The second kappa shape index (κ2) is 6.90. The summed E-state index contributed by atoms with van der Waals surface area (Å²) in [5.74, 6) is -1.24. The van der Waals surface area contributed by atoms with E-state index in [1.54, 1.807) is 19.1 Å². The van der Waals surface area contributed by atoms with Gasteiger partial charge >= 0.3 is 12.1 Å². The minimum atomic E-state index is -4.49. The Labute approximate surface area is 153 Å². The summed E-state index contributed by atoms with van der Waals surface area (Å²) in [6.07, 6.45) is -5.57. The fourth-order valence-electron chi connectivity index (χ4n) is 2.87. The topological polar surface area (TPSA) is 59.2 Å². The molecule has 0 fully saturated rings. The van der Waals surface area contributed by atoms with Crippen LogP contribution in [0.5, 0.6) is 0 Å². The van der Waals surface area contributed by atoms with E-state index in [9.17, 15) is 22.8 Å². The summed E-state index contributed by atoms with van der Waals surface area (Å²) in [5.41, 5.74) is 0.951. The minimum absolute atomic E-state index is 0.0571. The fourth-order valence-corrected chi connectivity index (χ4v) is 2.87. The van der Waals surface area contributed by atoms with E-state index in [0.29, 0.717) is 11.3 Å². The molecule has 4 nitrogen and oxygen atoms in total. The highest BCUT2D eigenvalue weighted by Crippen LogP contribution is 2.29. The molecule has 1 heterocycles. The molecule has 0 amide bonds. The first-order chi connectivity index (χ1) is 12.7. The summed E-state index contributed by atoms with van der Waals surface area (Å²) in [7, 11) is 0. The molecule has 1 aromatic heterocycles. The van der Waals surface area contributed by atoms with Gasteiger partial charge in [0.2, 0.25) is 5.78 Å². The lowest BCUT2D eigenvalue weighted by atomic mass is 10.0. The van der Waals surface area contributed by atoms with Crippen molar-refractivity contribution in [2.45, 2.75) is 26.1 Å². The lowest BCUT2D eigenvalue weighted by Gasteiger charge is -2.13. The number of aryl methyl sites for hydroxylation is 1. The number of para-hydroxylation sites is 1. The molecule has 0 saturated heterocycles. The molecule has 0 unspecified atom stereocenters. The van der Waals surface area contributed by atoms with Crippen LogP contribution >= 0.6 is 0 Å². The standard InChI is InChI=1S/C20H16F3NO3/c1-11-17(15-5-3-4-6-16(15)24-11)18(25)12(2)27-19(26)13-7-9-14(10-8-13)20(21,22)23/h3-10,12,24H,1-2H3/t12-/m0/s1. The Morgan fingerprint density at radius 3 is 2.30 bits per heavy atom. The van der Waals surface area contributed by atoms with Gasteiger partial charge in [-0.3, -0.25) is 4.79 Å². The monoisotopic (exact) mass is 375 g/mol. The van der Waals surface area contributed by atoms with Gasteiger partial charge in [-0.2, -0.15) is 13.2 Å². The molecule has 2 aromatic carbocycles. The van der Waals surface area contributed by atoms with Gasteiger partial charge in [0.1, 0.15) is 0 Å². The fraction of sp³-hybridized carbons (Fsp3) is 0.200. The number of hydrogen-bond donors (Lipinski definition) is 1. The Bertz CT molecular complexity index is 1000. The second-order valence-electron chi connectivity index (χ2n) is 6.16.